The predicted octanol–water partition coefficient (Wildman–Crippen LogP) is 2.57. The van der Waals surface area contributed by atoms with Crippen molar-refractivity contribution in [1.29, 1.82) is 0 Å². The summed E-state index contributed by atoms with van der Waals surface area (Å²) >= 11 is 0. The minimum atomic E-state index is 0.232. The van der Waals surface area contributed by atoms with E-state index in [1.165, 1.54) is 12.0 Å². The van der Waals surface area contributed by atoms with Crippen molar-refractivity contribution < 1.29 is 4.79 Å². The third-order valence-electron chi connectivity index (χ3n) is 3.93. The number of piperidine rings is 1. The van der Waals surface area contributed by atoms with Crippen LogP contribution in [0.3, 0.4) is 0 Å². The molecule has 0 aliphatic carbocycles. The van der Waals surface area contributed by atoms with Crippen molar-refractivity contribution in [2.45, 2.75) is 51.7 Å². The number of carbonyl (C=O) groups excluding carboxylic acids is 1. The van der Waals surface area contributed by atoms with Gasteiger partial charge in [-0.2, -0.15) is 0 Å². The van der Waals surface area contributed by atoms with Gasteiger partial charge in [0, 0.05) is 18.6 Å². The summed E-state index contributed by atoms with van der Waals surface area (Å²) in [6.45, 7) is 5.50. The molecular formula is C16H24N2O. The van der Waals surface area contributed by atoms with E-state index in [0.29, 0.717) is 18.6 Å². The van der Waals surface area contributed by atoms with Gasteiger partial charge in [0.05, 0.1) is 6.54 Å². The van der Waals surface area contributed by atoms with Gasteiger partial charge < -0.3 is 10.2 Å². The van der Waals surface area contributed by atoms with Gasteiger partial charge in [-0.3, -0.25) is 4.79 Å². The molecule has 1 heterocycles. The van der Waals surface area contributed by atoms with Crippen LogP contribution in [0.1, 0.15) is 38.7 Å². The van der Waals surface area contributed by atoms with Gasteiger partial charge in [-0.05, 0) is 38.7 Å². The monoisotopic (exact) mass is 260 g/mol. The van der Waals surface area contributed by atoms with Gasteiger partial charge in [0.25, 0.3) is 0 Å². The van der Waals surface area contributed by atoms with Crippen LogP contribution in [0.2, 0.25) is 0 Å². The lowest BCUT2D eigenvalue weighted by atomic mass is 9.97. The third kappa shape index (κ3) is 3.80. The Hall–Kier alpha value is -1.35. The number of nitrogens with one attached hydrogen (secondary N) is 1. The lowest BCUT2D eigenvalue weighted by Crippen LogP contribution is -2.50. The Kier molecular flexibility index (Phi) is 4.97. The van der Waals surface area contributed by atoms with E-state index in [1.807, 2.05) is 18.2 Å². The highest BCUT2D eigenvalue weighted by Crippen LogP contribution is 2.22. The first-order valence-electron chi connectivity index (χ1n) is 7.24. The highest BCUT2D eigenvalue weighted by Gasteiger charge is 2.28. The van der Waals surface area contributed by atoms with Gasteiger partial charge >= 0.3 is 0 Å². The van der Waals surface area contributed by atoms with Crippen molar-refractivity contribution in [3.63, 3.8) is 0 Å². The first-order valence-corrected chi connectivity index (χ1v) is 7.24. The fourth-order valence-corrected chi connectivity index (χ4v) is 2.91. The quantitative estimate of drug-likeness (QED) is 0.902. The van der Waals surface area contributed by atoms with Gasteiger partial charge in [0.1, 0.15) is 0 Å². The molecule has 1 aliphatic heterocycles. The average molecular weight is 260 g/mol. The molecule has 104 valence electrons. The summed E-state index contributed by atoms with van der Waals surface area (Å²) in [5.74, 6) is 0.232. The molecule has 1 aromatic carbocycles. The van der Waals surface area contributed by atoms with E-state index in [1.54, 1.807) is 0 Å². The van der Waals surface area contributed by atoms with Crippen molar-refractivity contribution >= 4 is 5.91 Å². The maximum absolute atomic E-state index is 12.3. The van der Waals surface area contributed by atoms with E-state index < -0.39 is 0 Å². The standard InChI is InChI=1S/C16H24N2O/c1-13-7-6-8-14(2)18(13)16(19)12-17-11-15-9-4-3-5-10-15/h3-5,9-10,13-14,17H,6-8,11-12H2,1-2H3. The van der Waals surface area contributed by atoms with Gasteiger partial charge in [-0.1, -0.05) is 30.3 Å². The largest absolute Gasteiger partial charge is 0.336 e. The predicted molar refractivity (Wildman–Crippen MR) is 77.8 cm³/mol. The molecule has 1 fully saturated rings. The summed E-state index contributed by atoms with van der Waals surface area (Å²) in [5.41, 5.74) is 1.22. The second-order valence-electron chi connectivity index (χ2n) is 5.52. The molecule has 0 spiro atoms. The highest BCUT2D eigenvalue weighted by molar-refractivity contribution is 5.79. The molecule has 0 aromatic heterocycles. The fraction of sp³-hybridized carbons (Fsp3) is 0.562. The van der Waals surface area contributed by atoms with Crippen LogP contribution in [-0.4, -0.2) is 29.4 Å². The molecule has 2 atom stereocenters. The van der Waals surface area contributed by atoms with Crippen LogP contribution in [0.5, 0.6) is 0 Å². The Morgan fingerprint density at radius 2 is 1.84 bits per heavy atom. The molecule has 1 aromatic rings. The van der Waals surface area contributed by atoms with E-state index in [4.69, 9.17) is 0 Å². The Morgan fingerprint density at radius 1 is 1.21 bits per heavy atom. The van der Waals surface area contributed by atoms with Crippen molar-refractivity contribution in [2.75, 3.05) is 6.54 Å². The Morgan fingerprint density at radius 3 is 2.47 bits per heavy atom. The van der Waals surface area contributed by atoms with Crippen LogP contribution < -0.4 is 5.32 Å². The number of carbonyl (C=O) groups is 1. The molecule has 1 saturated heterocycles. The first-order chi connectivity index (χ1) is 9.18. The van der Waals surface area contributed by atoms with Gasteiger partial charge in [0.2, 0.25) is 5.91 Å². The van der Waals surface area contributed by atoms with Gasteiger partial charge in [-0.25, -0.2) is 0 Å². The molecule has 3 heteroatoms. The van der Waals surface area contributed by atoms with Crippen LogP contribution >= 0.6 is 0 Å². The zero-order chi connectivity index (χ0) is 13.7. The average Bonchev–Trinajstić information content (AvgIpc) is 2.40. The number of benzene rings is 1. The van der Waals surface area contributed by atoms with E-state index in [9.17, 15) is 4.79 Å². The second-order valence-corrected chi connectivity index (χ2v) is 5.52. The number of rotatable bonds is 4. The Labute approximate surface area is 116 Å². The Balaban J connectivity index is 1.80. The molecule has 1 N–H and O–H groups in total. The molecule has 0 saturated carbocycles. The lowest BCUT2D eigenvalue weighted by Gasteiger charge is -2.39. The SMILES string of the molecule is CC1CCCC(C)N1C(=O)CNCc1ccccc1. The van der Waals surface area contributed by atoms with Crippen molar-refractivity contribution in [2.24, 2.45) is 0 Å². The van der Waals surface area contributed by atoms with Crippen molar-refractivity contribution in [3.05, 3.63) is 35.9 Å². The van der Waals surface area contributed by atoms with E-state index in [0.717, 1.165) is 19.4 Å². The molecule has 0 radical (unpaired) electrons. The maximum atomic E-state index is 12.3. The van der Waals surface area contributed by atoms with Gasteiger partial charge in [0.15, 0.2) is 0 Å². The molecule has 2 unspecified atom stereocenters. The smallest absolute Gasteiger partial charge is 0.237 e. The summed E-state index contributed by atoms with van der Waals surface area (Å²) in [6.07, 6.45) is 3.51. The lowest BCUT2D eigenvalue weighted by molar-refractivity contribution is -0.136. The number of hydrogen-bond donors (Lipinski definition) is 1. The zero-order valence-corrected chi connectivity index (χ0v) is 11.9. The zero-order valence-electron chi connectivity index (χ0n) is 11.9. The number of amides is 1. The summed E-state index contributed by atoms with van der Waals surface area (Å²) in [6, 6.07) is 11.0. The summed E-state index contributed by atoms with van der Waals surface area (Å²) in [4.78, 5) is 14.3. The number of nitrogens with zero attached hydrogens (tertiary/aromatic N) is 1. The molecular weight excluding hydrogens is 236 g/mol. The minimum absolute atomic E-state index is 0.232. The van der Waals surface area contributed by atoms with Crippen molar-refractivity contribution in [1.82, 2.24) is 10.2 Å². The van der Waals surface area contributed by atoms with E-state index in [-0.39, 0.29) is 5.91 Å². The molecule has 3 nitrogen and oxygen atoms in total. The van der Waals surface area contributed by atoms with Crippen LogP contribution in [-0.2, 0) is 11.3 Å². The second kappa shape index (κ2) is 6.71. The molecule has 1 amide bonds. The maximum Gasteiger partial charge on any atom is 0.237 e. The van der Waals surface area contributed by atoms with Crippen LogP contribution in [0, 0.1) is 0 Å². The molecule has 2 rings (SSSR count). The number of likely N-dealkylation sites (tertiary alicyclic amines) is 1. The van der Waals surface area contributed by atoms with Crippen LogP contribution in [0.15, 0.2) is 30.3 Å². The summed E-state index contributed by atoms with van der Waals surface area (Å²) in [5, 5.41) is 3.25. The first kappa shape index (κ1) is 14.1. The minimum Gasteiger partial charge on any atom is -0.336 e. The fourth-order valence-electron chi connectivity index (χ4n) is 2.91. The normalized spacial score (nSPS) is 23.4. The molecule has 0 bridgehead atoms. The van der Waals surface area contributed by atoms with Gasteiger partial charge in [-0.15, -0.1) is 0 Å². The van der Waals surface area contributed by atoms with Crippen LogP contribution in [0.4, 0.5) is 0 Å². The number of hydrogen-bond acceptors (Lipinski definition) is 2. The van der Waals surface area contributed by atoms with E-state index >= 15 is 0 Å². The summed E-state index contributed by atoms with van der Waals surface area (Å²) < 4.78 is 0. The molecule has 1 aliphatic rings. The topological polar surface area (TPSA) is 32.3 Å². The molecule has 19 heavy (non-hydrogen) atoms. The van der Waals surface area contributed by atoms with Crippen molar-refractivity contribution in [3.8, 4) is 0 Å². The third-order valence-corrected chi connectivity index (χ3v) is 3.93. The van der Waals surface area contributed by atoms with Crippen LogP contribution in [0.25, 0.3) is 0 Å². The Bertz CT molecular complexity index is 394. The highest BCUT2D eigenvalue weighted by atomic mass is 16.2. The van der Waals surface area contributed by atoms with E-state index in [2.05, 4.69) is 36.2 Å². The summed E-state index contributed by atoms with van der Waals surface area (Å²) in [7, 11) is 0.